The molecule has 0 saturated heterocycles. The molecule has 4 aromatic heterocycles. The van der Waals surface area contributed by atoms with Crippen LogP contribution in [0.3, 0.4) is 0 Å². The molecule has 0 aliphatic heterocycles. The maximum Gasteiger partial charge on any atom is 0.191 e. The molecule has 0 bridgehead atoms. The molecule has 0 N–H and O–H groups in total. The fraction of sp³-hybridized carbons (Fsp3) is 0. The van der Waals surface area contributed by atoms with Crippen LogP contribution >= 0.6 is 34.0 Å². The smallest absolute Gasteiger partial charge is 0.191 e. The van der Waals surface area contributed by atoms with E-state index in [0.717, 1.165) is 5.69 Å². The van der Waals surface area contributed by atoms with Crippen molar-refractivity contribution in [2.45, 2.75) is 0 Å². The van der Waals surface area contributed by atoms with E-state index in [1.807, 2.05) is 28.9 Å². The van der Waals surface area contributed by atoms with Crippen LogP contribution in [0.15, 0.2) is 248 Å². The van der Waals surface area contributed by atoms with Crippen LogP contribution in [0.25, 0.3) is 119 Å². The van der Waals surface area contributed by atoms with Gasteiger partial charge < -0.3 is 0 Å². The molecule has 2 aliphatic rings. The first-order chi connectivity index (χ1) is 35.7. The molecule has 9 aromatic carbocycles. The zero-order chi connectivity index (χ0) is 47.3. The number of hydrogen-bond donors (Lipinski definition) is 0. The second-order valence-electron chi connectivity index (χ2n) is 18.8. The van der Waals surface area contributed by atoms with Crippen molar-refractivity contribution >= 4 is 82.3 Å². The van der Waals surface area contributed by atoms with E-state index in [1.54, 1.807) is 11.3 Å². The maximum atomic E-state index is 5.15. The summed E-state index contributed by atoms with van der Waals surface area (Å²) in [6, 6.07) is 89.7. The lowest BCUT2D eigenvalue weighted by Gasteiger charge is -2.34. The topological polar surface area (TPSA) is 12.9 Å². The largest absolute Gasteiger partial charge is 0.255 e. The van der Waals surface area contributed by atoms with Gasteiger partial charge in [0.2, 0.25) is 0 Å². The van der Waals surface area contributed by atoms with Gasteiger partial charge in [0, 0.05) is 52.4 Å². The minimum atomic E-state index is -3.12. The number of hydrogen-bond acceptors (Lipinski definition) is 4. The molecular formula is C67H41NS3Si. The third-order valence-electron chi connectivity index (χ3n) is 15.2. The molecule has 72 heavy (non-hydrogen) atoms. The highest BCUT2D eigenvalue weighted by Gasteiger charge is 2.45. The normalized spacial score (nSPS) is 12.2. The van der Waals surface area contributed by atoms with Crippen LogP contribution in [0.2, 0.25) is 0 Å². The van der Waals surface area contributed by atoms with Crippen molar-refractivity contribution < 1.29 is 0 Å². The summed E-state index contributed by atoms with van der Waals surface area (Å²) in [7, 11) is -3.12. The van der Waals surface area contributed by atoms with Crippen molar-refractivity contribution in [3.05, 3.63) is 248 Å². The molecule has 2 aliphatic carbocycles. The highest BCUT2D eigenvalue weighted by Crippen LogP contribution is 2.52. The molecule has 0 spiro atoms. The Bertz CT molecular complexity index is 4170. The summed E-state index contributed by atoms with van der Waals surface area (Å²) in [5.41, 5.74) is 19.7. The molecule has 0 saturated carbocycles. The lowest BCUT2D eigenvalue weighted by atomic mass is 9.80. The molecule has 0 radical (unpaired) electrons. The standard InChI is InChI=1S/C67H41NS3Si/c1-3-17-43(18-4-1)72(44-19-5-2-6-20-44,63-41-61-52-26-12-9-23-49(52)57-36-38-69-67(57)64-58(66(61)71-63)30-16-37-68-64)45-33-35-54-53-34-32-42(46-28-15-29-56-55-27-13-14-31-62(55)70-65(46)56)39-59(53)50-24-10-7-21-47(50)48-22-8-11-25-51(48)60(54)40-45/h1-41H. The van der Waals surface area contributed by atoms with Crippen LogP contribution in [0, 0.1) is 0 Å². The summed E-state index contributed by atoms with van der Waals surface area (Å²) in [6.45, 7) is 0. The van der Waals surface area contributed by atoms with Crippen molar-refractivity contribution in [2.24, 2.45) is 0 Å². The Hall–Kier alpha value is -8.03. The summed E-state index contributed by atoms with van der Waals surface area (Å²) in [5.74, 6) is 0. The summed E-state index contributed by atoms with van der Waals surface area (Å²) >= 11 is 5.65. The van der Waals surface area contributed by atoms with Crippen LogP contribution in [0.1, 0.15) is 0 Å². The van der Waals surface area contributed by atoms with Crippen molar-refractivity contribution in [2.75, 3.05) is 0 Å². The SMILES string of the molecule is c1ccc([Si](c2ccccc2)(c2ccc3c(c2)-c2ccccc2-c2ccccc2-c2cc(-c4cccc5c4sc4ccccc45)ccc2-3)c2cc3c(s2)-c2cccnc2-c2sccc2-c2ccccc2-3)cc1. The molecule has 15 rings (SSSR count). The van der Waals surface area contributed by atoms with E-state index in [4.69, 9.17) is 4.98 Å². The number of fused-ring (bicyclic) bond motifs is 19. The van der Waals surface area contributed by atoms with E-state index < -0.39 is 8.07 Å². The highest BCUT2D eigenvalue weighted by atomic mass is 32.1. The Kier molecular flexibility index (Phi) is 9.57. The second kappa shape index (κ2) is 16.5. The lowest BCUT2D eigenvalue weighted by molar-refractivity contribution is 1.34. The third-order valence-corrected chi connectivity index (χ3v) is 24.0. The fourth-order valence-electron chi connectivity index (χ4n) is 12.0. The Morgan fingerprint density at radius 2 is 0.861 bits per heavy atom. The van der Waals surface area contributed by atoms with E-state index in [9.17, 15) is 0 Å². The van der Waals surface area contributed by atoms with E-state index in [0.29, 0.717) is 0 Å². The molecule has 0 atom stereocenters. The molecule has 0 fully saturated rings. The number of thiophene rings is 3. The average molecular weight is 984 g/mol. The maximum absolute atomic E-state index is 5.15. The molecular weight excluding hydrogens is 943 g/mol. The van der Waals surface area contributed by atoms with E-state index in [2.05, 4.69) is 242 Å². The van der Waals surface area contributed by atoms with Gasteiger partial charge in [-0.15, -0.1) is 34.0 Å². The van der Waals surface area contributed by atoms with Crippen LogP contribution in [0.5, 0.6) is 0 Å². The quantitative estimate of drug-likeness (QED) is 0.124. The predicted molar refractivity (Wildman–Crippen MR) is 313 cm³/mol. The Labute approximate surface area is 431 Å². The van der Waals surface area contributed by atoms with Gasteiger partial charge in [-0.3, -0.25) is 4.98 Å². The van der Waals surface area contributed by atoms with Crippen molar-refractivity contribution in [3.8, 4) is 98.9 Å². The Morgan fingerprint density at radius 3 is 1.57 bits per heavy atom. The van der Waals surface area contributed by atoms with Gasteiger partial charge in [0.05, 0.1) is 10.6 Å². The zero-order valence-electron chi connectivity index (χ0n) is 38.8. The number of nitrogens with zero attached hydrogens (tertiary/aromatic N) is 1. The van der Waals surface area contributed by atoms with Crippen molar-refractivity contribution in [1.82, 2.24) is 4.98 Å². The molecule has 5 heteroatoms. The molecule has 0 unspecified atom stereocenters. The lowest BCUT2D eigenvalue weighted by Crippen LogP contribution is -2.74. The van der Waals surface area contributed by atoms with Crippen LogP contribution in [-0.2, 0) is 0 Å². The molecule has 13 aromatic rings. The van der Waals surface area contributed by atoms with Crippen molar-refractivity contribution in [3.63, 3.8) is 0 Å². The van der Waals surface area contributed by atoms with Crippen LogP contribution < -0.4 is 20.1 Å². The number of pyridine rings is 1. The molecule has 0 amide bonds. The summed E-state index contributed by atoms with van der Waals surface area (Å²) in [5, 5.41) is 8.92. The van der Waals surface area contributed by atoms with Gasteiger partial charge in [-0.05, 0) is 124 Å². The van der Waals surface area contributed by atoms with Gasteiger partial charge in [0.25, 0.3) is 0 Å². The van der Waals surface area contributed by atoms with Gasteiger partial charge in [0.15, 0.2) is 8.07 Å². The number of rotatable bonds is 5. The van der Waals surface area contributed by atoms with E-state index in [1.165, 1.54) is 133 Å². The summed E-state index contributed by atoms with van der Waals surface area (Å²) in [6.07, 6.45) is 1.95. The first-order valence-corrected chi connectivity index (χ1v) is 29.0. The Balaban J connectivity index is 1.02. The minimum absolute atomic E-state index is 1.05. The predicted octanol–water partition coefficient (Wildman–Crippen LogP) is 16.6. The monoisotopic (exact) mass is 983 g/mol. The zero-order valence-corrected chi connectivity index (χ0v) is 42.3. The molecule has 336 valence electrons. The van der Waals surface area contributed by atoms with Gasteiger partial charge in [-0.25, -0.2) is 0 Å². The minimum Gasteiger partial charge on any atom is -0.255 e. The Morgan fingerprint density at radius 1 is 0.319 bits per heavy atom. The fourth-order valence-corrected chi connectivity index (χ4v) is 21.4. The number of benzene rings is 9. The van der Waals surface area contributed by atoms with Gasteiger partial charge in [-0.2, -0.15) is 0 Å². The van der Waals surface area contributed by atoms with Gasteiger partial charge in [-0.1, -0.05) is 200 Å². The van der Waals surface area contributed by atoms with E-state index in [-0.39, 0.29) is 0 Å². The van der Waals surface area contributed by atoms with Crippen LogP contribution in [-0.4, -0.2) is 13.1 Å². The first-order valence-electron chi connectivity index (χ1n) is 24.5. The summed E-state index contributed by atoms with van der Waals surface area (Å²) < 4.78 is 4.04. The highest BCUT2D eigenvalue weighted by molar-refractivity contribution is 7.38. The molecule has 4 heterocycles. The van der Waals surface area contributed by atoms with Crippen LogP contribution in [0.4, 0.5) is 0 Å². The third kappa shape index (κ3) is 6.19. The average Bonchev–Trinajstić information content (AvgIpc) is 4.22. The molecule has 1 nitrogen and oxygen atoms in total. The number of aromatic nitrogens is 1. The van der Waals surface area contributed by atoms with Gasteiger partial charge >= 0.3 is 0 Å². The first kappa shape index (κ1) is 41.7. The van der Waals surface area contributed by atoms with Crippen molar-refractivity contribution in [1.29, 1.82) is 0 Å². The van der Waals surface area contributed by atoms with E-state index >= 15 is 0 Å². The second-order valence-corrected chi connectivity index (χ2v) is 26.0. The summed E-state index contributed by atoms with van der Waals surface area (Å²) in [4.78, 5) is 7.64. The van der Waals surface area contributed by atoms with Gasteiger partial charge in [0.1, 0.15) is 0 Å².